The molecule has 0 aliphatic carbocycles. The summed E-state index contributed by atoms with van der Waals surface area (Å²) in [4.78, 5) is 18.5. The molecule has 0 saturated heterocycles. The van der Waals surface area contributed by atoms with Crippen LogP contribution >= 0.6 is 24.0 Å². The number of nitrogens with zero attached hydrogens (tertiary/aromatic N) is 2. The van der Waals surface area contributed by atoms with Crippen molar-refractivity contribution in [3.63, 3.8) is 0 Å². The second-order valence-corrected chi connectivity index (χ2v) is 7.05. The summed E-state index contributed by atoms with van der Waals surface area (Å²) in [6.45, 7) is 14.0. The zero-order valence-corrected chi connectivity index (χ0v) is 21.2. The summed E-state index contributed by atoms with van der Waals surface area (Å²) in [5, 5.41) is 6.66. The van der Waals surface area contributed by atoms with Gasteiger partial charge in [-0.05, 0) is 50.8 Å². The van der Waals surface area contributed by atoms with Crippen LogP contribution in [0.5, 0.6) is 0 Å². The summed E-state index contributed by atoms with van der Waals surface area (Å²) in [6, 6.07) is 7.76. The molecular formula is C22H39IN4O2. The molecule has 166 valence electrons. The molecule has 0 aliphatic heterocycles. The SMILES string of the molecule is CCOC(CCNC(=NC)NCc1ccc(C(=O)N(CC)CC)cc1)C(C)C.I. The number of halogens is 1. The molecule has 1 aromatic carbocycles. The van der Waals surface area contributed by atoms with Crippen LogP contribution in [0.2, 0.25) is 0 Å². The molecule has 7 heteroatoms. The number of amides is 1. The van der Waals surface area contributed by atoms with Gasteiger partial charge in [-0.15, -0.1) is 24.0 Å². The lowest BCUT2D eigenvalue weighted by molar-refractivity contribution is 0.0258. The number of guanidine groups is 1. The van der Waals surface area contributed by atoms with E-state index in [1.54, 1.807) is 7.05 Å². The Morgan fingerprint density at radius 3 is 2.21 bits per heavy atom. The van der Waals surface area contributed by atoms with Crippen LogP contribution in [0.3, 0.4) is 0 Å². The zero-order valence-electron chi connectivity index (χ0n) is 18.8. The van der Waals surface area contributed by atoms with Crippen molar-refractivity contribution < 1.29 is 9.53 Å². The van der Waals surface area contributed by atoms with Gasteiger partial charge in [0.15, 0.2) is 5.96 Å². The molecule has 0 radical (unpaired) electrons. The third-order valence-corrected chi connectivity index (χ3v) is 4.78. The summed E-state index contributed by atoms with van der Waals surface area (Å²) in [5.41, 5.74) is 1.83. The largest absolute Gasteiger partial charge is 0.378 e. The molecule has 1 unspecified atom stereocenters. The van der Waals surface area contributed by atoms with Crippen molar-refractivity contribution in [2.24, 2.45) is 10.9 Å². The number of hydrogen-bond donors (Lipinski definition) is 2. The van der Waals surface area contributed by atoms with Crippen molar-refractivity contribution in [3.8, 4) is 0 Å². The Bertz CT molecular complexity index is 601. The average Bonchev–Trinajstić information content (AvgIpc) is 2.70. The molecular weight excluding hydrogens is 479 g/mol. The fourth-order valence-electron chi connectivity index (χ4n) is 3.02. The van der Waals surface area contributed by atoms with E-state index in [2.05, 4.69) is 29.5 Å². The molecule has 0 heterocycles. The van der Waals surface area contributed by atoms with Crippen LogP contribution in [-0.4, -0.2) is 56.2 Å². The molecule has 0 saturated carbocycles. The highest BCUT2D eigenvalue weighted by atomic mass is 127. The van der Waals surface area contributed by atoms with E-state index in [-0.39, 0.29) is 36.0 Å². The van der Waals surface area contributed by atoms with Crippen LogP contribution in [0.4, 0.5) is 0 Å². The second-order valence-electron chi connectivity index (χ2n) is 7.05. The topological polar surface area (TPSA) is 66.0 Å². The smallest absolute Gasteiger partial charge is 0.253 e. The first-order chi connectivity index (χ1) is 13.5. The van der Waals surface area contributed by atoms with Crippen LogP contribution in [-0.2, 0) is 11.3 Å². The maximum absolute atomic E-state index is 12.4. The van der Waals surface area contributed by atoms with Crippen molar-refractivity contribution >= 4 is 35.8 Å². The van der Waals surface area contributed by atoms with Gasteiger partial charge >= 0.3 is 0 Å². The lowest BCUT2D eigenvalue weighted by Gasteiger charge is -2.21. The minimum Gasteiger partial charge on any atom is -0.378 e. The van der Waals surface area contributed by atoms with Crippen molar-refractivity contribution in [1.29, 1.82) is 0 Å². The zero-order chi connectivity index (χ0) is 20.9. The first kappa shape index (κ1) is 27.6. The number of carbonyl (C=O) groups is 1. The van der Waals surface area contributed by atoms with Crippen LogP contribution in [0, 0.1) is 5.92 Å². The number of ether oxygens (including phenoxy) is 1. The van der Waals surface area contributed by atoms with Crippen LogP contribution < -0.4 is 10.6 Å². The Morgan fingerprint density at radius 2 is 1.72 bits per heavy atom. The van der Waals surface area contributed by atoms with Gasteiger partial charge in [-0.1, -0.05) is 26.0 Å². The van der Waals surface area contributed by atoms with E-state index < -0.39 is 0 Å². The van der Waals surface area contributed by atoms with E-state index in [0.717, 1.165) is 49.7 Å². The lowest BCUT2D eigenvalue weighted by Crippen LogP contribution is -2.39. The summed E-state index contributed by atoms with van der Waals surface area (Å²) >= 11 is 0. The summed E-state index contributed by atoms with van der Waals surface area (Å²) in [6.07, 6.45) is 1.19. The van der Waals surface area contributed by atoms with Gasteiger partial charge in [-0.3, -0.25) is 9.79 Å². The van der Waals surface area contributed by atoms with E-state index in [1.807, 2.05) is 49.9 Å². The van der Waals surface area contributed by atoms with Crippen molar-refractivity contribution in [3.05, 3.63) is 35.4 Å². The third-order valence-electron chi connectivity index (χ3n) is 4.78. The van der Waals surface area contributed by atoms with E-state index in [4.69, 9.17) is 4.74 Å². The molecule has 29 heavy (non-hydrogen) atoms. The molecule has 0 aromatic heterocycles. The molecule has 1 rings (SSSR count). The number of rotatable bonds is 11. The minimum absolute atomic E-state index is 0. The van der Waals surface area contributed by atoms with Gasteiger partial charge in [-0.2, -0.15) is 0 Å². The highest BCUT2D eigenvalue weighted by molar-refractivity contribution is 14.0. The quantitative estimate of drug-likeness (QED) is 0.265. The Labute approximate surface area is 193 Å². The Morgan fingerprint density at radius 1 is 1.10 bits per heavy atom. The monoisotopic (exact) mass is 518 g/mol. The molecule has 1 atom stereocenters. The second kappa shape index (κ2) is 15.5. The normalized spacial score (nSPS) is 12.3. The van der Waals surface area contributed by atoms with Gasteiger partial charge in [0.25, 0.3) is 5.91 Å². The first-order valence-corrected chi connectivity index (χ1v) is 10.4. The van der Waals surface area contributed by atoms with Gasteiger partial charge in [0.1, 0.15) is 0 Å². The van der Waals surface area contributed by atoms with Gasteiger partial charge < -0.3 is 20.3 Å². The number of hydrogen-bond acceptors (Lipinski definition) is 3. The lowest BCUT2D eigenvalue weighted by atomic mass is 10.0. The van der Waals surface area contributed by atoms with Gasteiger partial charge in [0.2, 0.25) is 0 Å². The molecule has 0 aliphatic rings. The number of benzene rings is 1. The molecule has 1 amide bonds. The van der Waals surface area contributed by atoms with E-state index in [1.165, 1.54) is 0 Å². The fraction of sp³-hybridized carbons (Fsp3) is 0.636. The summed E-state index contributed by atoms with van der Waals surface area (Å²) in [7, 11) is 1.77. The van der Waals surface area contributed by atoms with Crippen molar-refractivity contribution in [1.82, 2.24) is 15.5 Å². The molecule has 2 N–H and O–H groups in total. The van der Waals surface area contributed by atoms with Gasteiger partial charge in [0, 0.05) is 45.4 Å². The van der Waals surface area contributed by atoms with Gasteiger partial charge in [0.05, 0.1) is 6.10 Å². The van der Waals surface area contributed by atoms with Crippen LogP contribution in [0.25, 0.3) is 0 Å². The molecule has 0 bridgehead atoms. The first-order valence-electron chi connectivity index (χ1n) is 10.4. The maximum Gasteiger partial charge on any atom is 0.253 e. The van der Waals surface area contributed by atoms with Crippen molar-refractivity contribution in [2.75, 3.05) is 33.3 Å². The molecule has 0 spiro atoms. The average molecular weight is 518 g/mol. The van der Waals surface area contributed by atoms with E-state index >= 15 is 0 Å². The predicted octanol–water partition coefficient (Wildman–Crippen LogP) is 3.90. The summed E-state index contributed by atoms with van der Waals surface area (Å²) in [5.74, 6) is 1.34. The maximum atomic E-state index is 12.4. The number of carbonyl (C=O) groups excluding carboxylic acids is 1. The standard InChI is InChI=1S/C22H38N4O2.HI/c1-7-26(8-2)21(27)19-12-10-18(11-13-19)16-25-22(23-6)24-15-14-20(17(4)5)28-9-3;/h10-13,17,20H,7-9,14-16H2,1-6H3,(H2,23,24,25);1H. The molecule has 6 nitrogen and oxygen atoms in total. The number of aliphatic imine (C=N–C) groups is 1. The predicted molar refractivity (Wildman–Crippen MR) is 132 cm³/mol. The molecule has 0 fully saturated rings. The van der Waals surface area contributed by atoms with E-state index in [9.17, 15) is 4.79 Å². The van der Waals surface area contributed by atoms with Crippen LogP contribution in [0.15, 0.2) is 29.3 Å². The third kappa shape index (κ3) is 9.80. The number of nitrogens with one attached hydrogen (secondary N) is 2. The highest BCUT2D eigenvalue weighted by Gasteiger charge is 2.13. The van der Waals surface area contributed by atoms with Crippen LogP contribution in [0.1, 0.15) is 57.0 Å². The van der Waals surface area contributed by atoms with E-state index in [0.29, 0.717) is 12.5 Å². The molecule has 1 aromatic rings. The van der Waals surface area contributed by atoms with Crippen molar-refractivity contribution in [2.45, 2.75) is 53.7 Å². The minimum atomic E-state index is 0. The Balaban J connectivity index is 0.00000784. The Kier molecular flexibility index (Phi) is 14.8. The Hall–Kier alpha value is -1.35. The summed E-state index contributed by atoms with van der Waals surface area (Å²) < 4.78 is 5.78. The fourth-order valence-corrected chi connectivity index (χ4v) is 3.02. The van der Waals surface area contributed by atoms with Gasteiger partial charge in [-0.25, -0.2) is 0 Å². The highest BCUT2D eigenvalue weighted by Crippen LogP contribution is 2.10.